The Balaban J connectivity index is 2.40. The lowest BCUT2D eigenvalue weighted by Gasteiger charge is -2.39. The third kappa shape index (κ3) is 9.30. The molecule has 1 aliphatic rings. The first-order valence-electron chi connectivity index (χ1n) is 10.6. The third-order valence-electron chi connectivity index (χ3n) is 4.90. The van der Waals surface area contributed by atoms with Gasteiger partial charge in [0.1, 0.15) is 5.60 Å². The molecule has 0 aromatic carbocycles. The normalized spacial score (nSPS) is 20.8. The predicted octanol–water partition coefficient (Wildman–Crippen LogP) is 7.43. The first-order valence-corrected chi connectivity index (χ1v) is 11.0. The van der Waals surface area contributed by atoms with Crippen molar-refractivity contribution in [3.05, 3.63) is 11.1 Å². The molecule has 26 heavy (non-hydrogen) atoms. The summed E-state index contributed by atoms with van der Waals surface area (Å²) in [5.74, 6) is 0. The van der Waals surface area contributed by atoms with E-state index < -0.39 is 5.60 Å². The van der Waals surface area contributed by atoms with E-state index >= 15 is 0 Å². The van der Waals surface area contributed by atoms with E-state index in [0.29, 0.717) is 0 Å². The van der Waals surface area contributed by atoms with Crippen LogP contribution in [0.1, 0.15) is 105 Å². The second-order valence-electron chi connectivity index (χ2n) is 8.74. The van der Waals surface area contributed by atoms with Crippen LogP contribution in [0.15, 0.2) is 11.1 Å². The Morgan fingerprint density at radius 2 is 1.65 bits per heavy atom. The molecule has 0 radical (unpaired) electrons. The number of carbonyl (C=O) groups excluding carboxylic acids is 1. The van der Waals surface area contributed by atoms with Gasteiger partial charge >= 0.3 is 6.09 Å². The number of hydrogen-bond donors (Lipinski definition) is 0. The fraction of sp³-hybridized carbons (Fsp3) is 0.864. The Labute approximate surface area is 166 Å². The highest BCUT2D eigenvalue weighted by molar-refractivity contribution is 6.29. The molecule has 0 spiro atoms. The summed E-state index contributed by atoms with van der Waals surface area (Å²) < 4.78 is 5.62. The van der Waals surface area contributed by atoms with Gasteiger partial charge in [-0.15, -0.1) is 0 Å². The van der Waals surface area contributed by atoms with Gasteiger partial charge in [-0.05, 0) is 40.2 Å². The van der Waals surface area contributed by atoms with Crippen molar-refractivity contribution in [2.75, 3.05) is 0 Å². The summed E-state index contributed by atoms with van der Waals surface area (Å²) in [7, 11) is 0. The van der Waals surface area contributed by atoms with Gasteiger partial charge < -0.3 is 4.74 Å². The van der Waals surface area contributed by atoms with Gasteiger partial charge in [0.15, 0.2) is 0 Å². The highest BCUT2D eigenvalue weighted by atomic mass is 35.5. The average molecular weight is 386 g/mol. The van der Waals surface area contributed by atoms with Crippen LogP contribution in [-0.4, -0.2) is 28.7 Å². The minimum atomic E-state index is -0.468. The van der Waals surface area contributed by atoms with Crippen LogP contribution in [-0.2, 0) is 4.74 Å². The molecule has 0 aromatic rings. The van der Waals surface area contributed by atoms with Gasteiger partial charge in [-0.2, -0.15) is 0 Å². The van der Waals surface area contributed by atoms with Crippen molar-refractivity contribution in [1.82, 2.24) is 4.90 Å². The molecule has 0 saturated carbocycles. The molecule has 1 heterocycles. The van der Waals surface area contributed by atoms with E-state index in [1.165, 1.54) is 51.4 Å². The topological polar surface area (TPSA) is 29.5 Å². The minimum Gasteiger partial charge on any atom is -0.444 e. The van der Waals surface area contributed by atoms with E-state index in [1.807, 2.05) is 25.7 Å². The molecule has 1 aliphatic heterocycles. The molecule has 0 bridgehead atoms. The van der Waals surface area contributed by atoms with E-state index in [1.54, 1.807) is 0 Å². The average Bonchev–Trinajstić information content (AvgIpc) is 2.50. The number of nitrogens with zero attached hydrogens (tertiary/aromatic N) is 1. The molecule has 2 atom stereocenters. The number of amides is 1. The quantitative estimate of drug-likeness (QED) is 0.366. The van der Waals surface area contributed by atoms with Crippen LogP contribution in [0.25, 0.3) is 0 Å². The maximum atomic E-state index is 12.6. The second kappa shape index (κ2) is 11.9. The molecule has 4 heteroatoms. The molecule has 0 aromatic heterocycles. The van der Waals surface area contributed by atoms with E-state index in [2.05, 4.69) is 19.9 Å². The Morgan fingerprint density at radius 1 is 1.12 bits per heavy atom. The van der Waals surface area contributed by atoms with Gasteiger partial charge in [-0.1, -0.05) is 76.3 Å². The molecular formula is C22H40ClNO2. The van der Waals surface area contributed by atoms with Gasteiger partial charge in [0.05, 0.1) is 6.04 Å². The predicted molar refractivity (Wildman–Crippen MR) is 112 cm³/mol. The van der Waals surface area contributed by atoms with Gasteiger partial charge in [0.2, 0.25) is 0 Å². The zero-order chi connectivity index (χ0) is 19.6. The van der Waals surface area contributed by atoms with Gasteiger partial charge in [-0.25, -0.2) is 4.79 Å². The monoisotopic (exact) mass is 385 g/mol. The number of carbonyl (C=O) groups is 1. The Bertz CT molecular complexity index is 442. The first-order chi connectivity index (χ1) is 12.2. The Morgan fingerprint density at radius 3 is 2.19 bits per heavy atom. The third-order valence-corrected chi connectivity index (χ3v) is 5.18. The zero-order valence-corrected chi connectivity index (χ0v) is 18.4. The molecule has 0 unspecified atom stereocenters. The summed E-state index contributed by atoms with van der Waals surface area (Å²) in [6.45, 7) is 10.1. The van der Waals surface area contributed by atoms with E-state index in [-0.39, 0.29) is 18.2 Å². The van der Waals surface area contributed by atoms with Crippen LogP contribution in [0, 0.1) is 0 Å². The van der Waals surface area contributed by atoms with Crippen LogP contribution in [0.2, 0.25) is 0 Å². The van der Waals surface area contributed by atoms with Crippen molar-refractivity contribution in [1.29, 1.82) is 0 Å². The molecule has 0 fully saturated rings. The summed E-state index contributed by atoms with van der Waals surface area (Å²) in [5, 5.41) is 0.873. The smallest absolute Gasteiger partial charge is 0.411 e. The number of rotatable bonds is 10. The second-order valence-corrected chi connectivity index (χ2v) is 9.22. The highest BCUT2D eigenvalue weighted by Crippen LogP contribution is 2.29. The molecule has 0 aliphatic carbocycles. The summed E-state index contributed by atoms with van der Waals surface area (Å²) in [4.78, 5) is 14.5. The number of halogens is 1. The fourth-order valence-corrected chi connectivity index (χ4v) is 3.95. The molecule has 152 valence electrons. The number of unbranched alkanes of at least 4 members (excludes halogenated alkanes) is 8. The molecule has 0 saturated heterocycles. The first kappa shape index (κ1) is 23.3. The summed E-state index contributed by atoms with van der Waals surface area (Å²) in [6.07, 6.45) is 15.3. The highest BCUT2D eigenvalue weighted by Gasteiger charge is 2.34. The maximum absolute atomic E-state index is 12.6. The van der Waals surface area contributed by atoms with Crippen molar-refractivity contribution in [2.24, 2.45) is 0 Å². The van der Waals surface area contributed by atoms with E-state index in [9.17, 15) is 4.79 Å². The lowest BCUT2D eigenvalue weighted by atomic mass is 9.98. The van der Waals surface area contributed by atoms with Crippen LogP contribution in [0.5, 0.6) is 0 Å². The van der Waals surface area contributed by atoms with Crippen molar-refractivity contribution in [3.63, 3.8) is 0 Å². The van der Waals surface area contributed by atoms with Crippen molar-refractivity contribution >= 4 is 17.7 Å². The van der Waals surface area contributed by atoms with Gasteiger partial charge in [-0.3, -0.25) is 4.90 Å². The standard InChI is InChI=1S/C22H40ClNO2/c1-6-7-8-9-10-11-12-13-14-15-20-17-19(23)16-18(2)24(20)21(25)26-22(3,4)5/h17-18,20H,6-16H2,1-5H3/t18-,20+/m0/s1. The maximum Gasteiger partial charge on any atom is 0.411 e. The zero-order valence-electron chi connectivity index (χ0n) is 17.7. The van der Waals surface area contributed by atoms with Gasteiger partial charge in [0.25, 0.3) is 0 Å². The molecule has 0 N–H and O–H groups in total. The van der Waals surface area contributed by atoms with Crippen LogP contribution in [0.3, 0.4) is 0 Å². The summed E-state index contributed by atoms with van der Waals surface area (Å²) in [6, 6.07) is 0.150. The van der Waals surface area contributed by atoms with Crippen LogP contribution in [0.4, 0.5) is 4.79 Å². The molecule has 3 nitrogen and oxygen atoms in total. The molecule has 1 rings (SSSR count). The number of ether oxygens (including phenoxy) is 1. The van der Waals surface area contributed by atoms with Crippen molar-refractivity contribution < 1.29 is 9.53 Å². The van der Waals surface area contributed by atoms with Gasteiger partial charge in [0, 0.05) is 17.5 Å². The fourth-order valence-electron chi connectivity index (χ4n) is 3.58. The number of hydrogen-bond acceptors (Lipinski definition) is 2. The lowest BCUT2D eigenvalue weighted by Crippen LogP contribution is -2.49. The SMILES string of the molecule is CCCCCCCCCCC[C@@H]1C=C(Cl)C[C@H](C)N1C(=O)OC(C)(C)C. The van der Waals surface area contributed by atoms with E-state index in [0.717, 1.165) is 24.3 Å². The largest absolute Gasteiger partial charge is 0.444 e. The summed E-state index contributed by atoms with van der Waals surface area (Å²) in [5.41, 5.74) is -0.468. The van der Waals surface area contributed by atoms with E-state index in [4.69, 9.17) is 16.3 Å². The summed E-state index contributed by atoms with van der Waals surface area (Å²) >= 11 is 6.31. The van der Waals surface area contributed by atoms with Crippen LogP contribution < -0.4 is 0 Å². The van der Waals surface area contributed by atoms with Crippen molar-refractivity contribution in [3.8, 4) is 0 Å². The minimum absolute atomic E-state index is 0.0608. The Hall–Kier alpha value is -0.700. The lowest BCUT2D eigenvalue weighted by molar-refractivity contribution is 0.00888. The van der Waals surface area contributed by atoms with Crippen molar-refractivity contribution in [2.45, 2.75) is 123 Å². The molecule has 1 amide bonds. The van der Waals surface area contributed by atoms with Crippen LogP contribution >= 0.6 is 11.6 Å². The molecular weight excluding hydrogens is 346 g/mol. The Kier molecular flexibility index (Phi) is 10.7.